The van der Waals surface area contributed by atoms with Gasteiger partial charge < -0.3 is 10.4 Å². The summed E-state index contributed by atoms with van der Waals surface area (Å²) in [5, 5.41) is 11.7. The van der Waals surface area contributed by atoms with Gasteiger partial charge in [-0.1, -0.05) is 20.8 Å². The maximum absolute atomic E-state index is 11.8. The Kier molecular flexibility index (Phi) is 5.03. The number of carboxylic acids is 1. The Morgan fingerprint density at radius 1 is 1.32 bits per heavy atom. The van der Waals surface area contributed by atoms with Crippen molar-refractivity contribution in [1.82, 2.24) is 10.3 Å². The number of hydrogen-bond donors (Lipinski definition) is 2. The molecule has 1 heterocycles. The number of pyridine rings is 1. The van der Waals surface area contributed by atoms with E-state index in [4.69, 9.17) is 5.11 Å². The van der Waals surface area contributed by atoms with Gasteiger partial charge in [-0.3, -0.25) is 9.78 Å². The number of carbonyl (C=O) groups is 2. The molecule has 0 saturated heterocycles. The van der Waals surface area contributed by atoms with Crippen LogP contribution in [-0.4, -0.2) is 28.0 Å². The number of hydrogen-bond acceptors (Lipinski definition) is 3. The molecule has 0 unspecified atom stereocenters. The summed E-state index contributed by atoms with van der Waals surface area (Å²) in [5.41, 5.74) is 0.491. The van der Waals surface area contributed by atoms with Gasteiger partial charge in [-0.15, -0.1) is 0 Å². The first-order chi connectivity index (χ1) is 8.80. The van der Waals surface area contributed by atoms with Gasteiger partial charge in [-0.05, 0) is 29.5 Å². The molecule has 1 aromatic rings. The van der Waals surface area contributed by atoms with Crippen molar-refractivity contribution in [2.24, 2.45) is 5.41 Å². The fourth-order valence-corrected chi connectivity index (χ4v) is 1.69. The monoisotopic (exact) mass is 264 g/mol. The summed E-state index contributed by atoms with van der Waals surface area (Å²) < 4.78 is 0. The van der Waals surface area contributed by atoms with Crippen molar-refractivity contribution in [3.8, 4) is 0 Å². The third-order valence-electron chi connectivity index (χ3n) is 2.81. The summed E-state index contributed by atoms with van der Waals surface area (Å²) in [4.78, 5) is 26.8. The molecule has 0 saturated carbocycles. The van der Waals surface area contributed by atoms with Crippen LogP contribution in [0.4, 0.5) is 0 Å². The minimum Gasteiger partial charge on any atom is -0.480 e. The van der Waals surface area contributed by atoms with Crippen LogP contribution in [0.3, 0.4) is 0 Å². The number of amides is 1. The first kappa shape index (κ1) is 15.1. The number of nitrogens with zero attached hydrogens (tertiary/aromatic N) is 1. The lowest BCUT2D eigenvalue weighted by Gasteiger charge is -2.27. The Labute approximate surface area is 113 Å². The van der Waals surface area contributed by atoms with Gasteiger partial charge in [0, 0.05) is 18.8 Å². The number of aliphatic carboxylic acids is 1. The van der Waals surface area contributed by atoms with Gasteiger partial charge >= 0.3 is 5.97 Å². The average molecular weight is 264 g/mol. The van der Waals surface area contributed by atoms with Crippen molar-refractivity contribution >= 4 is 11.9 Å². The highest BCUT2D eigenvalue weighted by Crippen LogP contribution is 2.19. The molecule has 0 spiro atoms. The number of nitrogens with one attached hydrogen (secondary N) is 1. The maximum atomic E-state index is 11.8. The summed E-state index contributed by atoms with van der Waals surface area (Å²) in [5.74, 6) is -1.26. The molecule has 2 N–H and O–H groups in total. The minimum atomic E-state index is -1.01. The molecule has 104 valence electrons. The van der Waals surface area contributed by atoms with Crippen LogP contribution in [0.25, 0.3) is 0 Å². The van der Waals surface area contributed by atoms with Crippen molar-refractivity contribution < 1.29 is 14.7 Å². The van der Waals surface area contributed by atoms with Gasteiger partial charge in [-0.25, -0.2) is 4.79 Å². The molecule has 0 aromatic carbocycles. The average Bonchev–Trinajstić information content (AvgIpc) is 2.33. The van der Waals surface area contributed by atoms with Gasteiger partial charge in [0.05, 0.1) is 0 Å². The van der Waals surface area contributed by atoms with Crippen LogP contribution in [-0.2, 0) is 16.0 Å². The SMILES string of the molecule is CC(C)(C)[C@@H](NC(=O)CCc1ccncc1)C(=O)O. The number of carboxylic acid groups (broad SMARTS) is 1. The molecular weight excluding hydrogens is 244 g/mol. The predicted octanol–water partition coefficient (Wildman–Crippen LogP) is 1.63. The molecule has 0 radical (unpaired) electrons. The molecule has 1 rings (SSSR count). The zero-order valence-corrected chi connectivity index (χ0v) is 11.5. The number of rotatable bonds is 5. The molecule has 5 heteroatoms. The Morgan fingerprint density at radius 3 is 2.37 bits per heavy atom. The van der Waals surface area contributed by atoms with Crippen LogP contribution in [0.5, 0.6) is 0 Å². The highest BCUT2D eigenvalue weighted by molar-refractivity contribution is 5.84. The smallest absolute Gasteiger partial charge is 0.326 e. The van der Waals surface area contributed by atoms with Crippen LogP contribution in [0.2, 0.25) is 0 Å². The fraction of sp³-hybridized carbons (Fsp3) is 0.500. The van der Waals surface area contributed by atoms with Gasteiger partial charge in [0.25, 0.3) is 0 Å². The Hall–Kier alpha value is -1.91. The maximum Gasteiger partial charge on any atom is 0.326 e. The molecule has 0 aliphatic rings. The van der Waals surface area contributed by atoms with E-state index in [9.17, 15) is 9.59 Å². The summed E-state index contributed by atoms with van der Waals surface area (Å²) in [7, 11) is 0. The van der Waals surface area contributed by atoms with Gasteiger partial charge in [0.1, 0.15) is 6.04 Å². The number of aromatic nitrogens is 1. The molecule has 1 atom stereocenters. The molecule has 19 heavy (non-hydrogen) atoms. The molecular formula is C14H20N2O3. The van der Waals surface area contributed by atoms with Crippen molar-refractivity contribution in [1.29, 1.82) is 0 Å². The third-order valence-corrected chi connectivity index (χ3v) is 2.81. The molecule has 1 aromatic heterocycles. The van der Waals surface area contributed by atoms with E-state index < -0.39 is 17.4 Å². The number of aryl methyl sites for hydroxylation is 1. The molecule has 0 fully saturated rings. The van der Waals surface area contributed by atoms with Crippen molar-refractivity contribution in [3.05, 3.63) is 30.1 Å². The van der Waals surface area contributed by atoms with Gasteiger partial charge in [0.15, 0.2) is 0 Å². The van der Waals surface area contributed by atoms with E-state index in [1.54, 1.807) is 33.2 Å². The summed E-state index contributed by atoms with van der Waals surface area (Å²) in [6.45, 7) is 5.36. The normalized spacial score (nSPS) is 12.8. The minimum absolute atomic E-state index is 0.251. The van der Waals surface area contributed by atoms with Crippen molar-refractivity contribution in [3.63, 3.8) is 0 Å². The second kappa shape index (κ2) is 6.31. The summed E-state index contributed by atoms with van der Waals surface area (Å²) in [6.07, 6.45) is 4.18. The van der Waals surface area contributed by atoms with Crippen molar-refractivity contribution in [2.75, 3.05) is 0 Å². The van der Waals surface area contributed by atoms with Crippen LogP contribution in [0.1, 0.15) is 32.8 Å². The standard InChI is InChI=1S/C14H20N2O3/c1-14(2,3)12(13(18)19)16-11(17)5-4-10-6-8-15-9-7-10/h6-9,12H,4-5H2,1-3H3,(H,16,17)(H,18,19)/t12-/m0/s1. The molecule has 0 aliphatic heterocycles. The first-order valence-electron chi connectivity index (χ1n) is 6.22. The molecule has 0 bridgehead atoms. The predicted molar refractivity (Wildman–Crippen MR) is 71.6 cm³/mol. The fourth-order valence-electron chi connectivity index (χ4n) is 1.69. The van der Waals surface area contributed by atoms with E-state index in [0.29, 0.717) is 6.42 Å². The van der Waals surface area contributed by atoms with Crippen LogP contribution < -0.4 is 5.32 Å². The van der Waals surface area contributed by atoms with E-state index in [-0.39, 0.29) is 12.3 Å². The van der Waals surface area contributed by atoms with Crippen LogP contribution >= 0.6 is 0 Å². The van der Waals surface area contributed by atoms with Crippen LogP contribution in [0.15, 0.2) is 24.5 Å². The van der Waals surface area contributed by atoms with E-state index in [1.807, 2.05) is 12.1 Å². The van der Waals surface area contributed by atoms with E-state index in [1.165, 1.54) is 0 Å². The number of carbonyl (C=O) groups excluding carboxylic acids is 1. The Bertz CT molecular complexity index is 438. The van der Waals surface area contributed by atoms with E-state index >= 15 is 0 Å². The first-order valence-corrected chi connectivity index (χ1v) is 6.22. The van der Waals surface area contributed by atoms with Gasteiger partial charge in [0.2, 0.25) is 5.91 Å². The lowest BCUT2D eigenvalue weighted by atomic mass is 9.86. The summed E-state index contributed by atoms with van der Waals surface area (Å²) in [6, 6.07) is 2.80. The molecule has 0 aliphatic carbocycles. The molecule has 5 nitrogen and oxygen atoms in total. The van der Waals surface area contributed by atoms with E-state index in [2.05, 4.69) is 10.3 Å². The second-order valence-electron chi connectivity index (χ2n) is 5.56. The van der Waals surface area contributed by atoms with E-state index in [0.717, 1.165) is 5.56 Å². The van der Waals surface area contributed by atoms with Crippen molar-refractivity contribution in [2.45, 2.75) is 39.7 Å². The quantitative estimate of drug-likeness (QED) is 0.847. The highest BCUT2D eigenvalue weighted by atomic mass is 16.4. The zero-order valence-electron chi connectivity index (χ0n) is 11.5. The Balaban J connectivity index is 2.52. The van der Waals surface area contributed by atoms with Crippen LogP contribution in [0, 0.1) is 5.41 Å². The van der Waals surface area contributed by atoms with Gasteiger partial charge in [-0.2, -0.15) is 0 Å². The third kappa shape index (κ3) is 5.07. The molecule has 1 amide bonds. The topological polar surface area (TPSA) is 79.3 Å². The second-order valence-corrected chi connectivity index (χ2v) is 5.56. The highest BCUT2D eigenvalue weighted by Gasteiger charge is 2.32. The largest absolute Gasteiger partial charge is 0.480 e. The Morgan fingerprint density at radius 2 is 1.89 bits per heavy atom. The summed E-state index contributed by atoms with van der Waals surface area (Å²) >= 11 is 0. The lowest BCUT2D eigenvalue weighted by molar-refractivity contribution is -0.144. The lowest BCUT2D eigenvalue weighted by Crippen LogP contribution is -2.49. The zero-order chi connectivity index (χ0) is 14.5.